The van der Waals surface area contributed by atoms with Crippen molar-refractivity contribution in [1.29, 1.82) is 5.26 Å². The summed E-state index contributed by atoms with van der Waals surface area (Å²) in [6, 6.07) is 17.8. The Balaban J connectivity index is 1.88. The van der Waals surface area contributed by atoms with Crippen molar-refractivity contribution < 1.29 is 0 Å². The minimum atomic E-state index is 0.722. The molecule has 3 heteroatoms. The molecule has 0 unspecified atom stereocenters. The maximum Gasteiger partial charge on any atom is 0.0991 e. The molecule has 2 aromatic rings. The summed E-state index contributed by atoms with van der Waals surface area (Å²) in [7, 11) is 0. The van der Waals surface area contributed by atoms with E-state index in [9.17, 15) is 0 Å². The average molecular weight is 274 g/mol. The average Bonchev–Trinajstić information content (AvgIpc) is 2.41. The van der Waals surface area contributed by atoms with Gasteiger partial charge in [0, 0.05) is 16.5 Å². The van der Waals surface area contributed by atoms with Gasteiger partial charge >= 0.3 is 0 Å². The molecule has 0 atom stereocenters. The lowest BCUT2D eigenvalue weighted by Gasteiger charge is -2.03. The molecule has 90 valence electrons. The van der Waals surface area contributed by atoms with E-state index >= 15 is 0 Å². The quantitative estimate of drug-likeness (QED) is 0.810. The Morgan fingerprint density at radius 1 is 1.00 bits per heavy atom. The number of nitriles is 1. The zero-order chi connectivity index (χ0) is 12.8. The molecule has 0 amide bonds. The van der Waals surface area contributed by atoms with Gasteiger partial charge in [0.2, 0.25) is 0 Å². The second-order valence-electron chi connectivity index (χ2n) is 3.93. The lowest BCUT2D eigenvalue weighted by Crippen LogP contribution is -1.84. The van der Waals surface area contributed by atoms with E-state index < -0.39 is 0 Å². The third kappa shape index (κ3) is 3.80. The molecule has 0 fully saturated rings. The maximum absolute atomic E-state index is 8.82. The van der Waals surface area contributed by atoms with Crippen LogP contribution < -0.4 is 0 Å². The van der Waals surface area contributed by atoms with Crippen molar-refractivity contribution in [3.05, 3.63) is 70.2 Å². The van der Waals surface area contributed by atoms with Crippen molar-refractivity contribution in [1.82, 2.24) is 0 Å². The highest BCUT2D eigenvalue weighted by molar-refractivity contribution is 7.97. The van der Waals surface area contributed by atoms with E-state index in [1.165, 1.54) is 11.1 Å². The number of nitrogens with zero attached hydrogens (tertiary/aromatic N) is 1. The van der Waals surface area contributed by atoms with E-state index in [1.54, 1.807) is 0 Å². The van der Waals surface area contributed by atoms with E-state index in [4.69, 9.17) is 16.9 Å². The summed E-state index contributed by atoms with van der Waals surface area (Å²) in [6.07, 6.45) is 0. The molecule has 1 nitrogen and oxygen atoms in total. The van der Waals surface area contributed by atoms with Gasteiger partial charge in [-0.1, -0.05) is 35.9 Å². The minimum absolute atomic E-state index is 0.722. The number of benzene rings is 2. The van der Waals surface area contributed by atoms with Crippen LogP contribution in [0.25, 0.3) is 0 Å². The van der Waals surface area contributed by atoms with E-state index in [2.05, 4.69) is 12.1 Å². The predicted molar refractivity (Wildman–Crippen MR) is 77.6 cm³/mol. The second-order valence-corrected chi connectivity index (χ2v) is 5.35. The van der Waals surface area contributed by atoms with Crippen LogP contribution in [0.15, 0.2) is 48.5 Å². The van der Waals surface area contributed by atoms with Gasteiger partial charge in [-0.05, 0) is 35.4 Å². The Morgan fingerprint density at radius 3 is 2.44 bits per heavy atom. The number of hydrogen-bond acceptors (Lipinski definition) is 2. The van der Waals surface area contributed by atoms with Crippen molar-refractivity contribution in [2.24, 2.45) is 0 Å². The van der Waals surface area contributed by atoms with E-state index in [0.29, 0.717) is 0 Å². The molecule has 0 aliphatic heterocycles. The van der Waals surface area contributed by atoms with Crippen LogP contribution in [0.2, 0.25) is 5.02 Å². The summed E-state index contributed by atoms with van der Waals surface area (Å²) in [4.78, 5) is 0. The molecule has 0 aliphatic rings. The van der Waals surface area contributed by atoms with Gasteiger partial charge < -0.3 is 0 Å². The number of rotatable bonds is 4. The topological polar surface area (TPSA) is 23.8 Å². The Morgan fingerprint density at radius 2 is 1.72 bits per heavy atom. The van der Waals surface area contributed by atoms with Crippen molar-refractivity contribution in [3.8, 4) is 6.07 Å². The molecule has 18 heavy (non-hydrogen) atoms. The van der Waals surface area contributed by atoms with Crippen LogP contribution in [0.5, 0.6) is 0 Å². The first-order valence-corrected chi connectivity index (χ1v) is 7.12. The van der Waals surface area contributed by atoms with Crippen molar-refractivity contribution in [3.63, 3.8) is 0 Å². The van der Waals surface area contributed by atoms with Crippen molar-refractivity contribution in [2.75, 3.05) is 0 Å². The van der Waals surface area contributed by atoms with Gasteiger partial charge in [0.05, 0.1) is 11.6 Å². The van der Waals surface area contributed by atoms with Crippen LogP contribution in [0, 0.1) is 11.3 Å². The summed E-state index contributed by atoms with van der Waals surface area (Å²) in [6.45, 7) is 0. The molecule has 0 aliphatic carbocycles. The van der Waals surface area contributed by atoms with Gasteiger partial charge in [0.1, 0.15) is 0 Å². The molecular weight excluding hydrogens is 262 g/mol. The molecule has 2 rings (SSSR count). The van der Waals surface area contributed by atoms with E-state index in [1.807, 2.05) is 54.2 Å². The highest BCUT2D eigenvalue weighted by atomic mass is 35.5. The molecule has 0 saturated heterocycles. The second kappa shape index (κ2) is 6.49. The van der Waals surface area contributed by atoms with Crippen LogP contribution in [-0.4, -0.2) is 0 Å². The molecule has 0 N–H and O–H groups in total. The van der Waals surface area contributed by atoms with Gasteiger partial charge in [-0.2, -0.15) is 17.0 Å². The first-order valence-electron chi connectivity index (χ1n) is 5.59. The monoisotopic (exact) mass is 273 g/mol. The highest BCUT2D eigenvalue weighted by Crippen LogP contribution is 2.19. The van der Waals surface area contributed by atoms with Crippen LogP contribution >= 0.6 is 23.4 Å². The Bertz CT molecular complexity index is 557. The minimum Gasteiger partial charge on any atom is -0.192 e. The third-order valence-electron chi connectivity index (χ3n) is 2.51. The highest BCUT2D eigenvalue weighted by Gasteiger charge is 1.97. The molecule has 0 aromatic heterocycles. The fourth-order valence-corrected chi connectivity index (χ4v) is 2.67. The molecule has 0 bridgehead atoms. The van der Waals surface area contributed by atoms with Gasteiger partial charge in [0.25, 0.3) is 0 Å². The molecule has 0 heterocycles. The summed E-state index contributed by atoms with van der Waals surface area (Å²) in [5, 5.41) is 9.59. The van der Waals surface area contributed by atoms with E-state index in [-0.39, 0.29) is 0 Å². The van der Waals surface area contributed by atoms with Gasteiger partial charge in [-0.15, -0.1) is 0 Å². The Kier molecular flexibility index (Phi) is 4.69. The SMILES string of the molecule is N#Cc1cccc(CSCc2ccc(Cl)cc2)c1. The van der Waals surface area contributed by atoms with Crippen LogP contribution in [0.1, 0.15) is 16.7 Å². The Labute approximate surface area is 116 Å². The first-order chi connectivity index (χ1) is 8.78. The molecular formula is C15H12ClNS. The number of thioether (sulfide) groups is 1. The molecule has 2 aromatic carbocycles. The zero-order valence-electron chi connectivity index (χ0n) is 9.77. The van der Waals surface area contributed by atoms with Crippen LogP contribution in [0.4, 0.5) is 0 Å². The maximum atomic E-state index is 8.82. The smallest absolute Gasteiger partial charge is 0.0991 e. The van der Waals surface area contributed by atoms with Crippen LogP contribution in [-0.2, 0) is 11.5 Å². The normalized spacial score (nSPS) is 10.0. The fraction of sp³-hybridized carbons (Fsp3) is 0.133. The zero-order valence-corrected chi connectivity index (χ0v) is 11.3. The summed E-state index contributed by atoms with van der Waals surface area (Å²) >= 11 is 7.67. The Hall–Kier alpha value is -1.43. The first kappa shape index (κ1) is 13.0. The predicted octanol–water partition coefficient (Wildman–Crippen LogP) is 4.65. The lowest BCUT2D eigenvalue weighted by molar-refractivity contribution is 1.35. The summed E-state index contributed by atoms with van der Waals surface area (Å²) in [5.41, 5.74) is 3.17. The van der Waals surface area contributed by atoms with Gasteiger partial charge in [-0.25, -0.2) is 0 Å². The molecule has 0 saturated carbocycles. The largest absolute Gasteiger partial charge is 0.192 e. The van der Waals surface area contributed by atoms with Crippen molar-refractivity contribution >= 4 is 23.4 Å². The third-order valence-corrected chi connectivity index (χ3v) is 3.83. The van der Waals surface area contributed by atoms with Gasteiger partial charge in [0.15, 0.2) is 0 Å². The lowest BCUT2D eigenvalue weighted by atomic mass is 10.2. The number of hydrogen-bond donors (Lipinski definition) is 0. The molecule has 0 spiro atoms. The van der Waals surface area contributed by atoms with Gasteiger partial charge in [-0.3, -0.25) is 0 Å². The number of halogens is 1. The molecule has 0 radical (unpaired) electrons. The van der Waals surface area contributed by atoms with Crippen LogP contribution in [0.3, 0.4) is 0 Å². The van der Waals surface area contributed by atoms with E-state index in [0.717, 1.165) is 22.1 Å². The standard InChI is InChI=1S/C15H12ClNS/c16-15-6-4-12(5-7-15)10-18-11-14-3-1-2-13(8-14)9-17/h1-8H,10-11H2. The van der Waals surface area contributed by atoms with Crippen molar-refractivity contribution in [2.45, 2.75) is 11.5 Å². The summed E-state index contributed by atoms with van der Waals surface area (Å²) < 4.78 is 0. The summed E-state index contributed by atoms with van der Waals surface area (Å²) in [5.74, 6) is 1.87. The fourth-order valence-electron chi connectivity index (χ4n) is 1.60.